The fourth-order valence-electron chi connectivity index (χ4n) is 5.65. The van der Waals surface area contributed by atoms with E-state index in [1.165, 1.54) is 43.5 Å². The van der Waals surface area contributed by atoms with Crippen LogP contribution in [0.3, 0.4) is 0 Å². The summed E-state index contributed by atoms with van der Waals surface area (Å²) in [5, 5.41) is 10.7. The van der Waals surface area contributed by atoms with Gasteiger partial charge in [0.05, 0.1) is 11.3 Å². The zero-order chi connectivity index (χ0) is 16.9. The zero-order valence-corrected chi connectivity index (χ0v) is 15.0. The van der Waals surface area contributed by atoms with Crippen LogP contribution in [0.5, 0.6) is 5.75 Å². The van der Waals surface area contributed by atoms with Crippen LogP contribution in [0, 0.1) is 27.4 Å². The van der Waals surface area contributed by atoms with Crippen LogP contribution in [0.15, 0.2) is 24.3 Å². The third-order valence-electron chi connectivity index (χ3n) is 5.91. The second-order valence-corrected chi connectivity index (χ2v) is 9.70. The largest absolute Gasteiger partial charge is 0.427 e. The molecule has 0 saturated heterocycles. The van der Waals surface area contributed by atoms with Crippen LogP contribution in [-0.2, 0) is 4.79 Å². The number of esters is 1. The molecule has 24 heavy (non-hydrogen) atoms. The molecule has 1 aromatic rings. The maximum absolute atomic E-state index is 12.4. The number of carbonyl (C=O) groups is 1. The maximum atomic E-state index is 12.4. The Hall–Kier alpha value is -1.43. The lowest BCUT2D eigenvalue weighted by Gasteiger charge is -2.60. The number of benzene rings is 1. The van der Waals surface area contributed by atoms with Crippen molar-refractivity contribution in [2.24, 2.45) is 17.3 Å². The van der Waals surface area contributed by atoms with Gasteiger partial charge in [-0.1, -0.05) is 15.9 Å². The van der Waals surface area contributed by atoms with Crippen molar-refractivity contribution in [1.82, 2.24) is 0 Å². The third-order valence-corrected chi connectivity index (χ3v) is 6.84. The van der Waals surface area contributed by atoms with E-state index in [0.717, 1.165) is 31.1 Å². The minimum Gasteiger partial charge on any atom is -0.427 e. The third kappa shape index (κ3) is 2.96. The Morgan fingerprint density at radius 1 is 1.21 bits per heavy atom. The molecule has 0 aromatic heterocycles. The Labute approximate surface area is 149 Å². The highest BCUT2D eigenvalue weighted by Gasteiger charge is 2.57. The molecule has 4 fully saturated rings. The van der Waals surface area contributed by atoms with Gasteiger partial charge in [0.1, 0.15) is 5.75 Å². The molecule has 5 rings (SSSR count). The number of hydrogen-bond acceptors (Lipinski definition) is 4. The van der Waals surface area contributed by atoms with E-state index in [4.69, 9.17) is 4.74 Å². The molecule has 0 N–H and O–H groups in total. The monoisotopic (exact) mass is 393 g/mol. The van der Waals surface area contributed by atoms with E-state index < -0.39 is 4.92 Å². The second-order valence-electron chi connectivity index (χ2n) is 8.01. The molecule has 4 saturated carbocycles. The molecule has 1 aromatic carbocycles. The van der Waals surface area contributed by atoms with Crippen LogP contribution in [0.4, 0.5) is 5.69 Å². The fraction of sp³-hybridized carbons (Fsp3) is 0.611. The summed E-state index contributed by atoms with van der Waals surface area (Å²) in [4.78, 5) is 22.7. The van der Waals surface area contributed by atoms with E-state index in [0.29, 0.717) is 12.2 Å². The number of halogens is 1. The average molecular weight is 394 g/mol. The number of alkyl halides is 1. The normalized spacial score (nSPS) is 36.5. The molecule has 5 nitrogen and oxygen atoms in total. The summed E-state index contributed by atoms with van der Waals surface area (Å²) in [6.45, 7) is 0. The van der Waals surface area contributed by atoms with Crippen molar-refractivity contribution < 1.29 is 14.5 Å². The van der Waals surface area contributed by atoms with Crippen molar-refractivity contribution in [3.8, 4) is 5.75 Å². The Balaban J connectivity index is 1.43. The highest BCUT2D eigenvalue weighted by molar-refractivity contribution is 9.10. The summed E-state index contributed by atoms with van der Waals surface area (Å²) in [5.41, 5.74) is 0.0722. The number of ether oxygens (including phenoxy) is 1. The molecule has 0 radical (unpaired) electrons. The van der Waals surface area contributed by atoms with E-state index in [1.54, 1.807) is 0 Å². The molecule has 4 aliphatic carbocycles. The molecule has 0 aliphatic heterocycles. The van der Waals surface area contributed by atoms with Crippen molar-refractivity contribution in [1.29, 1.82) is 0 Å². The summed E-state index contributed by atoms with van der Waals surface area (Å²) in [6.07, 6.45) is 7.56. The van der Waals surface area contributed by atoms with E-state index in [1.807, 2.05) is 0 Å². The van der Waals surface area contributed by atoms with Crippen LogP contribution in [0.25, 0.3) is 0 Å². The molecular formula is C18H20BrNO4. The van der Waals surface area contributed by atoms with E-state index >= 15 is 0 Å². The number of rotatable bonds is 4. The molecule has 128 valence electrons. The first-order valence-corrected chi connectivity index (χ1v) is 9.28. The van der Waals surface area contributed by atoms with Crippen LogP contribution in [0.2, 0.25) is 0 Å². The first-order chi connectivity index (χ1) is 11.3. The van der Waals surface area contributed by atoms with Crippen LogP contribution < -0.4 is 4.74 Å². The first-order valence-electron chi connectivity index (χ1n) is 8.49. The van der Waals surface area contributed by atoms with Gasteiger partial charge in [-0.15, -0.1) is 0 Å². The molecule has 0 heterocycles. The van der Waals surface area contributed by atoms with Crippen molar-refractivity contribution in [3.63, 3.8) is 0 Å². The van der Waals surface area contributed by atoms with Gasteiger partial charge in [-0.2, -0.15) is 0 Å². The molecule has 0 spiro atoms. The number of nitrogens with zero attached hydrogens (tertiary/aromatic N) is 1. The predicted octanol–water partition coefficient (Wildman–Crippen LogP) is 4.62. The van der Waals surface area contributed by atoms with Gasteiger partial charge in [0.2, 0.25) is 0 Å². The Bertz CT molecular complexity index is 673. The van der Waals surface area contributed by atoms with Gasteiger partial charge in [0.25, 0.3) is 5.69 Å². The topological polar surface area (TPSA) is 69.4 Å². The molecule has 2 atom stereocenters. The lowest BCUT2D eigenvalue weighted by molar-refractivity contribution is -0.384. The Morgan fingerprint density at radius 3 is 2.38 bits per heavy atom. The van der Waals surface area contributed by atoms with Gasteiger partial charge in [-0.05, 0) is 67.9 Å². The van der Waals surface area contributed by atoms with E-state index in [-0.39, 0.29) is 21.4 Å². The van der Waals surface area contributed by atoms with E-state index in [9.17, 15) is 14.9 Å². The number of nitro benzene ring substituents is 1. The molecule has 4 aliphatic rings. The minimum atomic E-state index is -0.462. The lowest BCUT2D eigenvalue weighted by Crippen LogP contribution is -2.53. The summed E-state index contributed by atoms with van der Waals surface area (Å²) in [6, 6.07) is 5.70. The first kappa shape index (κ1) is 16.1. The average Bonchev–Trinajstić information content (AvgIpc) is 2.44. The molecular weight excluding hydrogens is 374 g/mol. The Kier molecular flexibility index (Phi) is 3.71. The molecule has 0 amide bonds. The van der Waals surface area contributed by atoms with Crippen LogP contribution in [0.1, 0.15) is 44.9 Å². The SMILES string of the molecule is O=C(CC12C[C@H]3C[C@@H](CC(Br)(C3)C1)C2)Oc1ccc([N+](=O)[O-])cc1. The van der Waals surface area contributed by atoms with Crippen molar-refractivity contribution in [2.75, 3.05) is 0 Å². The van der Waals surface area contributed by atoms with Gasteiger partial charge < -0.3 is 4.74 Å². The maximum Gasteiger partial charge on any atom is 0.311 e. The van der Waals surface area contributed by atoms with Crippen molar-refractivity contribution in [2.45, 2.75) is 49.3 Å². The quantitative estimate of drug-likeness (QED) is 0.246. The zero-order valence-electron chi connectivity index (χ0n) is 13.4. The highest BCUT2D eigenvalue weighted by atomic mass is 79.9. The summed E-state index contributed by atoms with van der Waals surface area (Å²) >= 11 is 3.95. The lowest BCUT2D eigenvalue weighted by atomic mass is 9.49. The van der Waals surface area contributed by atoms with Crippen LogP contribution in [-0.4, -0.2) is 15.2 Å². The van der Waals surface area contributed by atoms with Gasteiger partial charge in [0.15, 0.2) is 0 Å². The van der Waals surface area contributed by atoms with Gasteiger partial charge in [-0.25, -0.2) is 0 Å². The van der Waals surface area contributed by atoms with Gasteiger partial charge in [-0.3, -0.25) is 14.9 Å². The molecule has 4 bridgehead atoms. The standard InChI is InChI=1S/C18H20BrNO4/c19-18-8-12-5-13(9-18)7-17(6-12,11-18)10-16(21)24-15-3-1-14(2-4-15)20(22)23/h1-4,12-13H,5-11H2/t12-,13-,17?,18?/m1/s1. The minimum absolute atomic E-state index is 0.00267. The van der Waals surface area contributed by atoms with Crippen molar-refractivity contribution >= 4 is 27.6 Å². The smallest absolute Gasteiger partial charge is 0.311 e. The molecule has 6 heteroatoms. The number of nitro groups is 1. The molecule has 0 unspecified atom stereocenters. The number of non-ortho nitro benzene ring substituents is 1. The number of hydrogen-bond donors (Lipinski definition) is 0. The van der Waals surface area contributed by atoms with Gasteiger partial charge >= 0.3 is 5.97 Å². The summed E-state index contributed by atoms with van der Waals surface area (Å²) < 4.78 is 5.67. The second kappa shape index (κ2) is 5.55. The highest BCUT2D eigenvalue weighted by Crippen LogP contribution is 2.65. The van der Waals surface area contributed by atoms with Crippen molar-refractivity contribution in [3.05, 3.63) is 34.4 Å². The van der Waals surface area contributed by atoms with Gasteiger partial charge in [0, 0.05) is 16.5 Å². The number of carbonyl (C=O) groups excluding carboxylic acids is 1. The fourth-order valence-corrected chi connectivity index (χ4v) is 7.16. The Morgan fingerprint density at radius 2 is 1.83 bits per heavy atom. The predicted molar refractivity (Wildman–Crippen MR) is 92.1 cm³/mol. The van der Waals surface area contributed by atoms with E-state index in [2.05, 4.69) is 15.9 Å². The summed E-state index contributed by atoms with van der Waals surface area (Å²) in [5.74, 6) is 1.63. The summed E-state index contributed by atoms with van der Waals surface area (Å²) in [7, 11) is 0. The van der Waals surface area contributed by atoms with Crippen LogP contribution >= 0.6 is 15.9 Å².